The van der Waals surface area contributed by atoms with E-state index in [4.69, 9.17) is 30.2 Å². The molecule has 190 valence electrons. The Labute approximate surface area is 203 Å². The Morgan fingerprint density at radius 2 is 1.31 bits per heavy atom. The molecule has 35 heavy (non-hydrogen) atoms. The van der Waals surface area contributed by atoms with Crippen LogP contribution in [0.4, 0.5) is 0 Å². The van der Waals surface area contributed by atoms with E-state index in [2.05, 4.69) is 11.2 Å². The number of nitrogens with zero attached hydrogens (tertiary/aromatic N) is 1. The predicted octanol–water partition coefficient (Wildman–Crippen LogP) is 0.727. The zero-order chi connectivity index (χ0) is 25.3. The van der Waals surface area contributed by atoms with Crippen molar-refractivity contribution in [1.29, 1.82) is 0 Å². The Morgan fingerprint density at radius 1 is 0.800 bits per heavy atom. The summed E-state index contributed by atoms with van der Waals surface area (Å²) in [4.78, 5) is 52.4. The number of imide groups is 1. The lowest BCUT2D eigenvalue weighted by Crippen LogP contribution is -2.33. The summed E-state index contributed by atoms with van der Waals surface area (Å²) in [5.41, 5.74) is 0.404. The molecule has 3 amide bonds. The summed E-state index contributed by atoms with van der Waals surface area (Å²) in [7, 11) is 0. The van der Waals surface area contributed by atoms with Crippen LogP contribution in [-0.4, -0.2) is 88.2 Å². The molecular weight excluding hydrogens is 460 g/mol. The maximum atomic E-state index is 12.1. The van der Waals surface area contributed by atoms with Gasteiger partial charge >= 0.3 is 5.97 Å². The standard InChI is InChI=1S/C24H30N2O9/c1-2-3-8-21(27)25-10-12-32-14-16-34-18-17-33-15-13-31-11-9-22(28)35-26-23(29)19-6-4-5-7-20(19)24(26)30/h1,4-7H,3,8-18H2,(H,25,27). The highest BCUT2D eigenvalue weighted by Gasteiger charge is 2.38. The van der Waals surface area contributed by atoms with Crippen LogP contribution in [0.5, 0.6) is 0 Å². The van der Waals surface area contributed by atoms with Crippen molar-refractivity contribution >= 4 is 23.7 Å². The van der Waals surface area contributed by atoms with E-state index in [-0.39, 0.29) is 36.7 Å². The van der Waals surface area contributed by atoms with Gasteiger partial charge in [-0.3, -0.25) is 14.4 Å². The lowest BCUT2D eigenvalue weighted by molar-refractivity contribution is -0.169. The molecule has 0 saturated carbocycles. The van der Waals surface area contributed by atoms with Crippen LogP contribution in [0.3, 0.4) is 0 Å². The van der Waals surface area contributed by atoms with Gasteiger partial charge in [-0.15, -0.1) is 12.3 Å². The minimum atomic E-state index is -0.748. The number of carbonyl (C=O) groups is 4. The molecule has 0 fully saturated rings. The monoisotopic (exact) mass is 490 g/mol. The fraction of sp³-hybridized carbons (Fsp3) is 0.500. The number of rotatable bonds is 18. The summed E-state index contributed by atoms with van der Waals surface area (Å²) >= 11 is 0. The molecule has 0 bridgehead atoms. The second-order valence-corrected chi connectivity index (χ2v) is 7.17. The molecule has 1 N–H and O–H groups in total. The molecule has 0 radical (unpaired) electrons. The fourth-order valence-corrected chi connectivity index (χ4v) is 2.85. The molecule has 0 aromatic heterocycles. The van der Waals surface area contributed by atoms with Crippen LogP contribution >= 0.6 is 0 Å². The van der Waals surface area contributed by atoms with E-state index >= 15 is 0 Å². The fourth-order valence-electron chi connectivity index (χ4n) is 2.85. The van der Waals surface area contributed by atoms with Gasteiger partial charge in [0.1, 0.15) is 0 Å². The molecule has 1 aliphatic rings. The van der Waals surface area contributed by atoms with Gasteiger partial charge < -0.3 is 29.1 Å². The minimum Gasteiger partial charge on any atom is -0.378 e. The molecule has 11 heteroatoms. The van der Waals surface area contributed by atoms with Gasteiger partial charge in [-0.1, -0.05) is 17.2 Å². The highest BCUT2D eigenvalue weighted by atomic mass is 16.7. The molecular formula is C24H30N2O9. The first-order valence-corrected chi connectivity index (χ1v) is 11.2. The van der Waals surface area contributed by atoms with Crippen LogP contribution in [-0.2, 0) is 33.4 Å². The van der Waals surface area contributed by atoms with E-state index in [9.17, 15) is 19.2 Å². The van der Waals surface area contributed by atoms with Crippen molar-refractivity contribution < 1.29 is 43.0 Å². The van der Waals surface area contributed by atoms with Crippen LogP contribution in [0.15, 0.2) is 24.3 Å². The zero-order valence-corrected chi connectivity index (χ0v) is 19.5. The Kier molecular flexibility index (Phi) is 13.1. The van der Waals surface area contributed by atoms with Gasteiger partial charge in [-0.25, -0.2) is 4.79 Å². The van der Waals surface area contributed by atoms with Crippen molar-refractivity contribution in [1.82, 2.24) is 10.4 Å². The number of benzene rings is 1. The zero-order valence-electron chi connectivity index (χ0n) is 19.5. The number of ether oxygens (including phenoxy) is 4. The van der Waals surface area contributed by atoms with Gasteiger partial charge in [-0.05, 0) is 12.1 Å². The Morgan fingerprint density at radius 3 is 1.86 bits per heavy atom. The van der Waals surface area contributed by atoms with Crippen LogP contribution in [0, 0.1) is 12.3 Å². The van der Waals surface area contributed by atoms with E-state index in [0.29, 0.717) is 64.1 Å². The highest BCUT2D eigenvalue weighted by molar-refractivity contribution is 6.20. The summed E-state index contributed by atoms with van der Waals surface area (Å²) in [6, 6.07) is 6.25. The van der Waals surface area contributed by atoms with Gasteiger partial charge in [0.2, 0.25) is 5.91 Å². The average Bonchev–Trinajstić information content (AvgIpc) is 3.10. The summed E-state index contributed by atoms with van der Waals surface area (Å²) in [6.45, 7) is 3.01. The van der Waals surface area contributed by atoms with Crippen LogP contribution in [0.25, 0.3) is 0 Å². The average molecular weight is 491 g/mol. The van der Waals surface area contributed by atoms with Gasteiger partial charge in [0.05, 0.1) is 70.4 Å². The molecule has 1 aromatic carbocycles. The van der Waals surface area contributed by atoms with Gasteiger partial charge in [0.15, 0.2) is 0 Å². The molecule has 11 nitrogen and oxygen atoms in total. The largest absolute Gasteiger partial charge is 0.378 e. The van der Waals surface area contributed by atoms with Gasteiger partial charge in [0, 0.05) is 19.4 Å². The third-order valence-electron chi connectivity index (χ3n) is 4.58. The number of hydrogen-bond donors (Lipinski definition) is 1. The minimum absolute atomic E-state index is 0.0591. The quantitative estimate of drug-likeness (QED) is 0.180. The maximum absolute atomic E-state index is 12.1. The SMILES string of the molecule is C#CCCC(=O)NCCOCCOCCOCCOCCC(=O)ON1C(=O)c2ccccc2C1=O. The summed E-state index contributed by atoms with van der Waals surface area (Å²) in [6.07, 6.45) is 5.71. The summed E-state index contributed by atoms with van der Waals surface area (Å²) < 4.78 is 21.3. The normalized spacial score (nSPS) is 12.4. The van der Waals surface area contributed by atoms with E-state index in [1.807, 2.05) is 0 Å². The number of hydrogen-bond acceptors (Lipinski definition) is 9. The van der Waals surface area contributed by atoms with Crippen molar-refractivity contribution in [3.05, 3.63) is 35.4 Å². The number of amides is 3. The van der Waals surface area contributed by atoms with Crippen LogP contribution < -0.4 is 5.32 Å². The highest BCUT2D eigenvalue weighted by Crippen LogP contribution is 2.22. The number of hydroxylamine groups is 2. The molecule has 0 saturated heterocycles. The van der Waals surface area contributed by atoms with Gasteiger partial charge in [-0.2, -0.15) is 0 Å². The summed E-state index contributed by atoms with van der Waals surface area (Å²) in [5.74, 6) is 0.239. The first kappa shape index (κ1) is 27.9. The van der Waals surface area contributed by atoms with Crippen molar-refractivity contribution in [3.8, 4) is 12.3 Å². The second-order valence-electron chi connectivity index (χ2n) is 7.17. The summed E-state index contributed by atoms with van der Waals surface area (Å²) in [5, 5.41) is 3.17. The number of carbonyl (C=O) groups excluding carboxylic acids is 4. The third kappa shape index (κ3) is 10.2. The third-order valence-corrected chi connectivity index (χ3v) is 4.58. The Bertz CT molecular complexity index is 862. The van der Waals surface area contributed by atoms with E-state index in [0.717, 1.165) is 0 Å². The molecule has 0 aliphatic carbocycles. The number of fused-ring (bicyclic) bond motifs is 1. The molecule has 1 aliphatic heterocycles. The molecule has 1 heterocycles. The van der Waals surface area contributed by atoms with Crippen LogP contribution in [0.1, 0.15) is 40.0 Å². The first-order valence-electron chi connectivity index (χ1n) is 11.2. The first-order chi connectivity index (χ1) is 17.0. The lowest BCUT2D eigenvalue weighted by Gasteiger charge is -2.12. The smallest absolute Gasteiger partial charge is 0.335 e. The molecule has 2 rings (SSSR count). The Balaban J connectivity index is 1.36. The second kappa shape index (κ2) is 16.3. The molecule has 0 spiro atoms. The van der Waals surface area contributed by atoms with Crippen LogP contribution in [0.2, 0.25) is 0 Å². The predicted molar refractivity (Wildman–Crippen MR) is 122 cm³/mol. The number of terminal acetylenes is 1. The van der Waals surface area contributed by atoms with Crippen molar-refractivity contribution in [3.63, 3.8) is 0 Å². The van der Waals surface area contributed by atoms with Gasteiger partial charge in [0.25, 0.3) is 11.8 Å². The van der Waals surface area contributed by atoms with E-state index in [1.165, 1.54) is 12.1 Å². The molecule has 0 atom stereocenters. The van der Waals surface area contributed by atoms with E-state index in [1.54, 1.807) is 12.1 Å². The Hall–Kier alpha value is -3.30. The molecule has 1 aromatic rings. The lowest BCUT2D eigenvalue weighted by atomic mass is 10.1. The van der Waals surface area contributed by atoms with E-state index < -0.39 is 17.8 Å². The maximum Gasteiger partial charge on any atom is 0.335 e. The van der Waals surface area contributed by atoms with Crippen molar-refractivity contribution in [2.75, 3.05) is 59.4 Å². The molecule has 0 unspecified atom stereocenters. The number of nitrogens with one attached hydrogen (secondary N) is 1. The topological polar surface area (TPSA) is 130 Å². The van der Waals surface area contributed by atoms with Crippen molar-refractivity contribution in [2.24, 2.45) is 0 Å². The van der Waals surface area contributed by atoms with Crippen molar-refractivity contribution in [2.45, 2.75) is 19.3 Å².